The van der Waals surface area contributed by atoms with Crippen molar-refractivity contribution in [3.05, 3.63) is 59.4 Å². The van der Waals surface area contributed by atoms with Gasteiger partial charge in [0.05, 0.1) is 18.8 Å². The van der Waals surface area contributed by atoms with E-state index >= 15 is 0 Å². The fraction of sp³-hybridized carbons (Fsp3) is 0.500. The van der Waals surface area contributed by atoms with Crippen LogP contribution in [0.4, 0.5) is 0 Å². The molecule has 1 N–H and O–H groups in total. The van der Waals surface area contributed by atoms with Crippen LogP contribution in [0.5, 0.6) is 5.75 Å². The Morgan fingerprint density at radius 2 is 2.10 bits per heavy atom. The molecule has 6 heteroatoms. The molecule has 1 spiro atoms. The number of hydrogen-bond acceptors (Lipinski definition) is 5. The molecule has 30 heavy (non-hydrogen) atoms. The minimum absolute atomic E-state index is 0.0105. The van der Waals surface area contributed by atoms with Crippen LogP contribution in [0.2, 0.25) is 0 Å². The molecule has 2 aliphatic heterocycles. The van der Waals surface area contributed by atoms with Crippen LogP contribution in [0.15, 0.2) is 42.7 Å². The topological polar surface area (TPSA) is 65.9 Å². The molecule has 160 valence electrons. The number of hydrogen-bond donors (Lipinski definition) is 1. The lowest BCUT2D eigenvalue weighted by molar-refractivity contribution is -0.0338. The lowest BCUT2D eigenvalue weighted by Gasteiger charge is -2.49. The summed E-state index contributed by atoms with van der Waals surface area (Å²) in [4.78, 5) is 21.3. The van der Waals surface area contributed by atoms with Gasteiger partial charge in [-0.2, -0.15) is 0 Å². The first kappa shape index (κ1) is 20.8. The van der Waals surface area contributed by atoms with Crippen molar-refractivity contribution < 1.29 is 14.6 Å². The third-order valence-corrected chi connectivity index (χ3v) is 6.57. The molecule has 6 nitrogen and oxygen atoms in total. The van der Waals surface area contributed by atoms with Gasteiger partial charge in [-0.3, -0.25) is 14.7 Å². The summed E-state index contributed by atoms with van der Waals surface area (Å²) >= 11 is 0. The number of ether oxygens (including phenoxy) is 1. The maximum Gasteiger partial charge on any atom is 0.255 e. The van der Waals surface area contributed by atoms with Gasteiger partial charge in [0.2, 0.25) is 0 Å². The van der Waals surface area contributed by atoms with E-state index < -0.39 is 6.10 Å². The summed E-state index contributed by atoms with van der Waals surface area (Å²) in [7, 11) is 1.72. The van der Waals surface area contributed by atoms with Crippen LogP contribution in [0, 0.1) is 12.3 Å². The zero-order valence-corrected chi connectivity index (χ0v) is 17.9. The first-order valence-electron chi connectivity index (χ1n) is 10.7. The number of rotatable bonds is 4. The first-order valence-corrected chi connectivity index (χ1v) is 10.7. The number of piperidine rings is 2. The molecule has 0 bridgehead atoms. The van der Waals surface area contributed by atoms with Gasteiger partial charge in [-0.1, -0.05) is 12.1 Å². The van der Waals surface area contributed by atoms with Gasteiger partial charge in [-0.15, -0.1) is 0 Å². The average Bonchev–Trinajstić information content (AvgIpc) is 2.76. The molecule has 1 amide bonds. The Hall–Kier alpha value is -2.44. The van der Waals surface area contributed by atoms with E-state index in [1.165, 1.54) is 11.1 Å². The van der Waals surface area contributed by atoms with Gasteiger partial charge in [-0.05, 0) is 68.5 Å². The lowest BCUT2D eigenvalue weighted by atomic mass is 9.71. The molecule has 1 aromatic heterocycles. The second-order valence-electron chi connectivity index (χ2n) is 8.88. The second-order valence-corrected chi connectivity index (χ2v) is 8.88. The quantitative estimate of drug-likeness (QED) is 0.841. The van der Waals surface area contributed by atoms with Crippen molar-refractivity contribution in [1.82, 2.24) is 14.8 Å². The Labute approximate surface area is 178 Å². The number of β-amino-alcohol motifs (C(OH)–C–C–N with tert-alkyl or cyclic N) is 1. The molecule has 3 heterocycles. The van der Waals surface area contributed by atoms with Crippen molar-refractivity contribution >= 4 is 5.91 Å². The van der Waals surface area contributed by atoms with E-state index in [1.807, 2.05) is 4.90 Å². The predicted octanol–water partition coefficient (Wildman–Crippen LogP) is 2.89. The SMILES string of the molecule is COc1cc(C)ccc1CN1CCC2(CC1)CC(O)CN(C(=O)c1cccnc1)C2. The summed E-state index contributed by atoms with van der Waals surface area (Å²) in [6.45, 7) is 5.96. The molecule has 0 radical (unpaired) electrons. The number of aromatic nitrogens is 1. The molecule has 2 aromatic rings. The zero-order chi connectivity index (χ0) is 21.1. The normalized spacial score (nSPS) is 21.6. The van der Waals surface area contributed by atoms with Crippen molar-refractivity contribution in [3.8, 4) is 5.75 Å². The van der Waals surface area contributed by atoms with Crippen molar-refractivity contribution in [2.75, 3.05) is 33.3 Å². The standard InChI is InChI=1S/C24H31N3O3/c1-18-5-6-20(22(12-18)30-2)15-26-10-7-24(8-11-26)13-21(28)16-27(17-24)23(29)19-4-3-9-25-14-19/h3-6,9,12,14,21,28H,7-8,10-11,13,15-17H2,1-2H3. The summed E-state index contributed by atoms with van der Waals surface area (Å²) in [5.74, 6) is 0.907. The Bertz CT molecular complexity index is 879. The zero-order valence-electron chi connectivity index (χ0n) is 17.9. The number of amides is 1. The van der Waals surface area contributed by atoms with Crippen molar-refractivity contribution in [2.24, 2.45) is 5.41 Å². The molecular weight excluding hydrogens is 378 g/mol. The molecule has 0 aliphatic carbocycles. The molecule has 1 unspecified atom stereocenters. The second kappa shape index (κ2) is 8.74. The van der Waals surface area contributed by atoms with Crippen LogP contribution in [0.3, 0.4) is 0 Å². The van der Waals surface area contributed by atoms with Gasteiger partial charge < -0.3 is 14.7 Å². The summed E-state index contributed by atoms with van der Waals surface area (Å²) in [5, 5.41) is 10.5. The smallest absolute Gasteiger partial charge is 0.255 e. The minimum atomic E-state index is -0.469. The number of pyridine rings is 1. The first-order chi connectivity index (χ1) is 14.5. The van der Waals surface area contributed by atoms with Gasteiger partial charge in [0.25, 0.3) is 5.91 Å². The molecule has 2 fully saturated rings. The number of benzene rings is 1. The highest BCUT2D eigenvalue weighted by Gasteiger charge is 2.43. The maximum absolute atomic E-state index is 12.9. The lowest BCUT2D eigenvalue weighted by Crippen LogP contribution is -2.55. The van der Waals surface area contributed by atoms with Crippen LogP contribution in [0.1, 0.15) is 40.7 Å². The highest BCUT2D eigenvalue weighted by atomic mass is 16.5. The van der Waals surface area contributed by atoms with Crippen molar-refractivity contribution in [2.45, 2.75) is 38.8 Å². The van der Waals surface area contributed by atoms with Gasteiger partial charge in [0.15, 0.2) is 0 Å². The van der Waals surface area contributed by atoms with Crippen molar-refractivity contribution in [3.63, 3.8) is 0 Å². The summed E-state index contributed by atoms with van der Waals surface area (Å²) in [6, 6.07) is 9.93. The van der Waals surface area contributed by atoms with Gasteiger partial charge in [0.1, 0.15) is 5.75 Å². The predicted molar refractivity (Wildman–Crippen MR) is 115 cm³/mol. The van der Waals surface area contributed by atoms with Gasteiger partial charge in [-0.25, -0.2) is 0 Å². The molecule has 2 saturated heterocycles. The van der Waals surface area contributed by atoms with E-state index in [9.17, 15) is 9.90 Å². The number of aliphatic hydroxyl groups excluding tert-OH is 1. The minimum Gasteiger partial charge on any atom is -0.496 e. The Kier molecular flexibility index (Phi) is 6.06. The number of nitrogens with zero attached hydrogens (tertiary/aromatic N) is 3. The number of methoxy groups -OCH3 is 1. The number of carbonyl (C=O) groups is 1. The molecule has 0 saturated carbocycles. The Balaban J connectivity index is 1.41. The third kappa shape index (κ3) is 4.50. The van der Waals surface area contributed by atoms with Gasteiger partial charge >= 0.3 is 0 Å². The Morgan fingerprint density at radius 3 is 2.80 bits per heavy atom. The van der Waals surface area contributed by atoms with Crippen LogP contribution in [-0.2, 0) is 6.54 Å². The van der Waals surface area contributed by atoms with E-state index in [-0.39, 0.29) is 11.3 Å². The fourth-order valence-corrected chi connectivity index (χ4v) is 4.95. The summed E-state index contributed by atoms with van der Waals surface area (Å²) in [6.07, 6.45) is 5.54. The molecule has 2 aliphatic rings. The molecular formula is C24H31N3O3. The highest BCUT2D eigenvalue weighted by Crippen LogP contribution is 2.41. The highest BCUT2D eigenvalue weighted by molar-refractivity contribution is 5.94. The number of aliphatic hydroxyl groups is 1. The number of carbonyl (C=O) groups excluding carboxylic acids is 1. The summed E-state index contributed by atoms with van der Waals surface area (Å²) < 4.78 is 5.57. The molecule has 4 rings (SSSR count). The fourth-order valence-electron chi connectivity index (χ4n) is 4.95. The van der Waals surface area contributed by atoms with Gasteiger partial charge in [0, 0.05) is 37.6 Å². The third-order valence-electron chi connectivity index (χ3n) is 6.57. The van der Waals surface area contributed by atoms with E-state index in [1.54, 1.807) is 31.6 Å². The van der Waals surface area contributed by atoms with Crippen LogP contribution in [-0.4, -0.2) is 65.2 Å². The Morgan fingerprint density at radius 1 is 1.30 bits per heavy atom. The molecule has 1 atom stereocenters. The maximum atomic E-state index is 12.9. The largest absolute Gasteiger partial charge is 0.496 e. The number of likely N-dealkylation sites (tertiary alicyclic amines) is 2. The van der Waals surface area contributed by atoms with E-state index in [4.69, 9.17) is 4.74 Å². The van der Waals surface area contributed by atoms with E-state index in [0.29, 0.717) is 18.7 Å². The van der Waals surface area contributed by atoms with Crippen LogP contribution >= 0.6 is 0 Å². The number of aryl methyl sites for hydroxylation is 1. The van der Waals surface area contributed by atoms with Crippen molar-refractivity contribution in [1.29, 1.82) is 0 Å². The molecule has 1 aromatic carbocycles. The van der Waals surface area contributed by atoms with Crippen LogP contribution < -0.4 is 4.74 Å². The van der Waals surface area contributed by atoms with E-state index in [0.717, 1.165) is 44.6 Å². The summed E-state index contributed by atoms with van der Waals surface area (Å²) in [5.41, 5.74) is 2.98. The van der Waals surface area contributed by atoms with Crippen LogP contribution in [0.25, 0.3) is 0 Å². The van der Waals surface area contributed by atoms with E-state index in [2.05, 4.69) is 35.0 Å². The average molecular weight is 410 g/mol. The monoisotopic (exact) mass is 409 g/mol.